The lowest BCUT2D eigenvalue weighted by atomic mass is 10.0. The molecule has 2 aromatic rings. The smallest absolute Gasteiger partial charge is 0.282 e. The monoisotopic (exact) mass is 727 g/mol. The Morgan fingerprint density at radius 3 is 1.82 bits per heavy atom. The number of phenolic OH excluding ortho intramolecular Hbond substituents is 2. The molecule has 0 spiro atoms. The Balaban J connectivity index is 2.00. The summed E-state index contributed by atoms with van der Waals surface area (Å²) >= 11 is 5.10. The Labute approximate surface area is 299 Å². The van der Waals surface area contributed by atoms with Crippen molar-refractivity contribution in [2.75, 3.05) is 50.3 Å². The summed E-state index contributed by atoms with van der Waals surface area (Å²) in [5.74, 6) is -2.94. The average molecular weight is 728 g/mol. The molecule has 0 bridgehead atoms. The molecule has 0 unspecified atom stereocenters. The number of carbonyl (C=O) groups excluding carboxylic acids is 3. The van der Waals surface area contributed by atoms with Crippen LogP contribution in [0.25, 0.3) is 0 Å². The third kappa shape index (κ3) is 8.20. The van der Waals surface area contributed by atoms with Gasteiger partial charge in [-0.25, -0.2) is 4.99 Å². The van der Waals surface area contributed by atoms with E-state index in [0.717, 1.165) is 0 Å². The van der Waals surface area contributed by atoms with Crippen LogP contribution in [0.3, 0.4) is 0 Å². The molecule has 17 heteroatoms. The van der Waals surface area contributed by atoms with E-state index in [1.807, 2.05) is 0 Å². The molecule has 4 rings (SSSR count). The van der Waals surface area contributed by atoms with Crippen molar-refractivity contribution >= 4 is 57.7 Å². The number of thiocarbonyl (C=S) groups is 1. The molecule has 6 N–H and O–H groups in total. The number of anilines is 2. The van der Waals surface area contributed by atoms with Gasteiger partial charge in [-0.05, 0) is 53.8 Å². The first-order valence-corrected chi connectivity index (χ1v) is 16.7. The van der Waals surface area contributed by atoms with Gasteiger partial charge in [0.25, 0.3) is 17.5 Å². The van der Waals surface area contributed by atoms with Crippen LogP contribution < -0.4 is 40.2 Å². The van der Waals surface area contributed by atoms with Crippen molar-refractivity contribution in [3.63, 3.8) is 0 Å². The van der Waals surface area contributed by atoms with Crippen LogP contribution in [-0.4, -0.2) is 83.9 Å². The highest BCUT2D eigenvalue weighted by Gasteiger charge is 2.51. The summed E-state index contributed by atoms with van der Waals surface area (Å²) in [6, 6.07) is 3.99. The summed E-state index contributed by atoms with van der Waals surface area (Å²) in [4.78, 5) is 45.3. The fourth-order valence-electron chi connectivity index (χ4n) is 5.03. The molecule has 0 saturated carbocycles. The van der Waals surface area contributed by atoms with Gasteiger partial charge >= 0.3 is 0 Å². The maximum Gasteiger partial charge on any atom is 0.282 e. The van der Waals surface area contributed by atoms with Gasteiger partial charge in [-0.15, -0.1) is 0 Å². The van der Waals surface area contributed by atoms with Crippen molar-refractivity contribution in [1.29, 1.82) is 0 Å². The minimum Gasteiger partial charge on any atom is -0.504 e. The van der Waals surface area contributed by atoms with E-state index in [2.05, 4.69) is 26.3 Å². The van der Waals surface area contributed by atoms with Gasteiger partial charge in [0.15, 0.2) is 45.3 Å². The van der Waals surface area contributed by atoms with Gasteiger partial charge in [-0.3, -0.25) is 25.0 Å². The molecule has 0 radical (unpaired) electrons. The fourth-order valence-corrected chi connectivity index (χ4v) is 5.22. The molecule has 1 fully saturated rings. The summed E-state index contributed by atoms with van der Waals surface area (Å²) in [6.45, 7) is 11.2. The van der Waals surface area contributed by atoms with Crippen LogP contribution in [-0.2, 0) is 23.9 Å². The number of hydrogen-bond donors (Lipinski definition) is 6. The highest BCUT2D eigenvalue weighted by atomic mass is 32.1. The second-order valence-corrected chi connectivity index (χ2v) is 10.9. The topological polar surface area (TPSA) is 208 Å². The second-order valence-electron chi connectivity index (χ2n) is 10.5. The van der Waals surface area contributed by atoms with Crippen LogP contribution in [0.5, 0.6) is 34.5 Å². The molecule has 274 valence electrons. The van der Waals surface area contributed by atoms with E-state index >= 15 is 0 Å². The molecule has 16 nitrogen and oxygen atoms in total. The Bertz CT molecular complexity index is 1770. The van der Waals surface area contributed by atoms with Crippen LogP contribution in [0.2, 0.25) is 0 Å². The Morgan fingerprint density at radius 1 is 0.686 bits per heavy atom. The van der Waals surface area contributed by atoms with E-state index in [0.29, 0.717) is 0 Å². The summed E-state index contributed by atoms with van der Waals surface area (Å²) in [7, 11) is 0. The fraction of sp³-hybridized carbons (Fsp3) is 0.382. The molecule has 51 heavy (non-hydrogen) atoms. The lowest BCUT2D eigenvalue weighted by Gasteiger charge is -2.38. The molecule has 0 atom stereocenters. The summed E-state index contributed by atoms with van der Waals surface area (Å²) in [5.41, 5.74) is -2.42. The number of ether oxygens (including phenoxy) is 6. The standard InChI is InChI=1S/C34H41N5O11S/c1-7-45-23-16-21(40)25(47-9-3)13-18(23)35-28-29(42)27(49-11-5)15-20(30(28)50-12-6)39-34(31(43)36-33(51)37-32(34)44)38-19-14-26(48-10-4)22(41)17-24(19)46-8-2/h13-17,38-39,41-42H,7-12H2,1-6H3,(H2,36,37,43,44,51). The highest BCUT2D eigenvalue weighted by Crippen LogP contribution is 2.50. The zero-order chi connectivity index (χ0) is 37.3. The number of rotatable bonds is 17. The van der Waals surface area contributed by atoms with Crippen molar-refractivity contribution in [1.82, 2.24) is 10.6 Å². The minimum absolute atomic E-state index is 0.00319. The Morgan fingerprint density at radius 2 is 1.22 bits per heavy atom. The molecule has 2 aliphatic rings. The number of phenols is 2. The predicted octanol–water partition coefficient (Wildman–Crippen LogP) is 3.94. The summed E-state index contributed by atoms with van der Waals surface area (Å²) < 4.78 is 34.2. The number of carbonyl (C=O) groups is 3. The van der Waals surface area contributed by atoms with E-state index in [-0.39, 0.29) is 108 Å². The Hall–Kier alpha value is -5.71. The first-order chi connectivity index (χ1) is 24.5. The molecule has 1 aliphatic carbocycles. The van der Waals surface area contributed by atoms with Crippen LogP contribution in [0.15, 0.2) is 46.9 Å². The van der Waals surface area contributed by atoms with Crippen LogP contribution in [0.1, 0.15) is 41.5 Å². The second kappa shape index (κ2) is 16.8. The van der Waals surface area contributed by atoms with Gasteiger partial charge in [-0.1, -0.05) is 0 Å². The number of ketones is 1. The average Bonchev–Trinajstić information content (AvgIpc) is 3.07. The van der Waals surface area contributed by atoms with Gasteiger partial charge in [0.2, 0.25) is 5.78 Å². The highest BCUT2D eigenvalue weighted by molar-refractivity contribution is 7.80. The van der Waals surface area contributed by atoms with E-state index in [1.165, 1.54) is 30.4 Å². The van der Waals surface area contributed by atoms with Crippen LogP contribution in [0, 0.1) is 0 Å². The summed E-state index contributed by atoms with van der Waals surface area (Å²) in [6.07, 6.45) is 2.59. The Kier molecular flexibility index (Phi) is 12.5. The van der Waals surface area contributed by atoms with Crippen molar-refractivity contribution in [3.05, 3.63) is 41.9 Å². The first-order valence-electron chi connectivity index (χ1n) is 16.3. The number of aliphatic imine (C=N–C) groups is 1. The van der Waals surface area contributed by atoms with E-state index in [4.69, 9.17) is 40.6 Å². The normalized spacial score (nSPS) is 16.0. The zero-order valence-electron chi connectivity index (χ0n) is 29.1. The van der Waals surface area contributed by atoms with E-state index in [1.54, 1.807) is 41.5 Å². The molecule has 2 aromatic carbocycles. The molecule has 0 aromatic heterocycles. The van der Waals surface area contributed by atoms with Crippen molar-refractivity contribution < 1.29 is 53.0 Å². The molecule has 2 amide bonds. The van der Waals surface area contributed by atoms with Gasteiger partial charge in [-0.2, -0.15) is 0 Å². The maximum atomic E-state index is 14.0. The molecular formula is C34H41N5O11S. The molecule has 1 aliphatic heterocycles. The largest absolute Gasteiger partial charge is 0.504 e. The SMILES string of the molecule is CCOC1=CC(=Nc2c(O)c(OCC)cc(NC3(Nc4cc(OCC)c(O)cc4OCC)C(=O)NC(=S)NC3=O)c2OCC)C(OCC)=CC1=O. The molecule has 1 saturated heterocycles. The van der Waals surface area contributed by atoms with Crippen molar-refractivity contribution in [2.45, 2.75) is 47.2 Å². The van der Waals surface area contributed by atoms with Gasteiger partial charge in [0.05, 0.1) is 51.0 Å². The van der Waals surface area contributed by atoms with Gasteiger partial charge in [0, 0.05) is 30.4 Å². The van der Waals surface area contributed by atoms with Gasteiger partial charge in [0.1, 0.15) is 17.2 Å². The first kappa shape index (κ1) is 38.1. The van der Waals surface area contributed by atoms with Gasteiger partial charge < -0.3 is 49.3 Å². The number of hydrogen-bond acceptors (Lipinski definition) is 15. The van der Waals surface area contributed by atoms with Crippen molar-refractivity contribution in [3.8, 4) is 34.5 Å². The number of allylic oxidation sites excluding steroid dienone is 2. The lowest BCUT2D eigenvalue weighted by molar-refractivity contribution is -0.134. The van der Waals surface area contributed by atoms with Crippen LogP contribution in [0.4, 0.5) is 17.1 Å². The minimum atomic E-state index is -2.39. The lowest BCUT2D eigenvalue weighted by Crippen LogP contribution is -2.73. The number of amides is 2. The van der Waals surface area contributed by atoms with E-state index < -0.39 is 29.0 Å². The number of aromatic hydroxyl groups is 2. The quantitative estimate of drug-likeness (QED) is 0.0449. The number of benzene rings is 2. The zero-order valence-corrected chi connectivity index (χ0v) is 29.9. The molecule has 1 heterocycles. The molecular weight excluding hydrogens is 686 g/mol. The van der Waals surface area contributed by atoms with Crippen molar-refractivity contribution in [2.24, 2.45) is 4.99 Å². The maximum absolute atomic E-state index is 14.0. The van der Waals surface area contributed by atoms with E-state index in [9.17, 15) is 24.6 Å². The number of nitrogens with one attached hydrogen (secondary N) is 4. The predicted molar refractivity (Wildman–Crippen MR) is 191 cm³/mol. The summed E-state index contributed by atoms with van der Waals surface area (Å²) in [5, 5.41) is 32.6. The third-order valence-corrected chi connectivity index (χ3v) is 7.28. The third-order valence-electron chi connectivity index (χ3n) is 7.08. The number of nitrogens with zero attached hydrogens (tertiary/aromatic N) is 1. The van der Waals surface area contributed by atoms with Crippen LogP contribution >= 0.6 is 12.2 Å².